The molecule has 1 aromatic rings. The van der Waals surface area contributed by atoms with Crippen LogP contribution in [0.4, 0.5) is 0 Å². The number of hydrogen-bond acceptors (Lipinski definition) is 5. The molecule has 19 heavy (non-hydrogen) atoms. The van der Waals surface area contributed by atoms with Crippen molar-refractivity contribution in [3.8, 4) is 5.75 Å². The van der Waals surface area contributed by atoms with Crippen LogP contribution in [0.5, 0.6) is 5.75 Å². The van der Waals surface area contributed by atoms with E-state index in [0.29, 0.717) is 0 Å². The van der Waals surface area contributed by atoms with Crippen molar-refractivity contribution in [1.29, 1.82) is 0 Å². The minimum Gasteiger partial charge on any atom is -0.497 e. The van der Waals surface area contributed by atoms with Gasteiger partial charge in [0, 0.05) is 10.5 Å². The van der Waals surface area contributed by atoms with Crippen LogP contribution in [0, 0.1) is 0 Å². The quantitative estimate of drug-likeness (QED) is 0.811. The van der Waals surface area contributed by atoms with Crippen LogP contribution in [-0.2, 0) is 15.3 Å². The van der Waals surface area contributed by atoms with Gasteiger partial charge in [-0.2, -0.15) is 0 Å². The summed E-state index contributed by atoms with van der Waals surface area (Å²) in [7, 11) is 2.99. The normalized spacial score (nSPS) is 12.9. The van der Waals surface area contributed by atoms with E-state index in [1.54, 1.807) is 18.9 Å². The van der Waals surface area contributed by atoms with Crippen LogP contribution in [0.2, 0.25) is 0 Å². The molecule has 0 bridgehead atoms. The molecule has 1 rings (SSSR count). The summed E-state index contributed by atoms with van der Waals surface area (Å²) in [5.74, 6) is 1.23. The van der Waals surface area contributed by atoms with Gasteiger partial charge >= 0.3 is 5.97 Å². The maximum absolute atomic E-state index is 11.5. The second-order valence-corrected chi connectivity index (χ2v) is 6.37. The molecule has 0 radical (unpaired) electrons. The standard InChI is InChI=1S/C14H21NO3S/c1-14(2,12(15)13(16)18-4)19-9-10-5-7-11(17-3)8-6-10/h5-8,12H,9,15H2,1-4H3/t12-/m0/s1. The molecule has 0 unspecified atom stereocenters. The first-order valence-corrected chi connectivity index (χ1v) is 6.99. The molecule has 0 amide bonds. The molecule has 0 aliphatic rings. The van der Waals surface area contributed by atoms with Gasteiger partial charge in [0.25, 0.3) is 0 Å². The third-order valence-electron chi connectivity index (χ3n) is 2.97. The molecular weight excluding hydrogens is 262 g/mol. The number of hydrogen-bond donors (Lipinski definition) is 1. The van der Waals surface area contributed by atoms with E-state index < -0.39 is 6.04 Å². The number of ether oxygens (including phenoxy) is 2. The van der Waals surface area contributed by atoms with Crippen LogP contribution in [0.25, 0.3) is 0 Å². The first-order chi connectivity index (χ1) is 8.90. The zero-order valence-corrected chi connectivity index (χ0v) is 12.6. The Balaban J connectivity index is 2.61. The Morgan fingerprint density at radius 1 is 1.32 bits per heavy atom. The van der Waals surface area contributed by atoms with E-state index in [9.17, 15) is 4.79 Å². The molecule has 4 nitrogen and oxygen atoms in total. The predicted octanol–water partition coefficient (Wildman–Crippen LogP) is 2.21. The first-order valence-electron chi connectivity index (χ1n) is 6.01. The average molecular weight is 283 g/mol. The predicted molar refractivity (Wildman–Crippen MR) is 78.4 cm³/mol. The molecule has 2 N–H and O–H groups in total. The molecule has 0 spiro atoms. The van der Waals surface area contributed by atoms with Crippen molar-refractivity contribution in [3.05, 3.63) is 29.8 Å². The van der Waals surface area contributed by atoms with E-state index in [2.05, 4.69) is 4.74 Å². The minimum absolute atomic E-state index is 0.382. The molecule has 0 saturated heterocycles. The van der Waals surface area contributed by atoms with Gasteiger partial charge in [0.15, 0.2) is 0 Å². The molecule has 1 atom stereocenters. The third-order valence-corrected chi connectivity index (χ3v) is 4.45. The number of esters is 1. The molecule has 0 aliphatic heterocycles. The number of nitrogens with two attached hydrogens (primary N) is 1. The van der Waals surface area contributed by atoms with Crippen molar-refractivity contribution in [2.24, 2.45) is 5.73 Å². The number of methoxy groups -OCH3 is 2. The number of thioether (sulfide) groups is 1. The van der Waals surface area contributed by atoms with Crippen molar-refractivity contribution in [1.82, 2.24) is 0 Å². The van der Waals surface area contributed by atoms with Gasteiger partial charge in [0.2, 0.25) is 0 Å². The number of carbonyl (C=O) groups excluding carboxylic acids is 1. The summed E-state index contributed by atoms with van der Waals surface area (Å²) in [5.41, 5.74) is 7.06. The molecule has 106 valence electrons. The summed E-state index contributed by atoms with van der Waals surface area (Å²) >= 11 is 1.63. The highest BCUT2D eigenvalue weighted by Crippen LogP contribution is 2.31. The smallest absolute Gasteiger partial charge is 0.324 e. The SMILES string of the molecule is COC(=O)[C@H](N)C(C)(C)SCc1ccc(OC)cc1. The molecule has 0 aromatic heterocycles. The topological polar surface area (TPSA) is 61.5 Å². The number of rotatable bonds is 6. The Hall–Kier alpha value is -1.20. The van der Waals surface area contributed by atoms with E-state index >= 15 is 0 Å². The zero-order valence-electron chi connectivity index (χ0n) is 11.8. The molecule has 0 saturated carbocycles. The molecule has 0 fully saturated rings. The Morgan fingerprint density at radius 2 is 1.89 bits per heavy atom. The van der Waals surface area contributed by atoms with Gasteiger partial charge in [-0.1, -0.05) is 12.1 Å². The fourth-order valence-electron chi connectivity index (χ4n) is 1.49. The van der Waals surface area contributed by atoms with Crippen LogP contribution in [0.3, 0.4) is 0 Å². The highest BCUT2D eigenvalue weighted by Gasteiger charge is 2.33. The maximum Gasteiger partial charge on any atom is 0.324 e. The van der Waals surface area contributed by atoms with E-state index in [4.69, 9.17) is 10.5 Å². The minimum atomic E-state index is -0.638. The van der Waals surface area contributed by atoms with Gasteiger partial charge in [0.1, 0.15) is 11.8 Å². The summed E-state index contributed by atoms with van der Waals surface area (Å²) in [6.45, 7) is 3.89. The summed E-state index contributed by atoms with van der Waals surface area (Å²) in [5, 5.41) is 0. The van der Waals surface area contributed by atoms with Gasteiger partial charge < -0.3 is 15.2 Å². The summed E-state index contributed by atoms with van der Waals surface area (Å²) in [4.78, 5) is 11.5. The van der Waals surface area contributed by atoms with Gasteiger partial charge in [-0.15, -0.1) is 11.8 Å². The summed E-state index contributed by atoms with van der Waals surface area (Å²) in [6.07, 6.45) is 0. The Bertz CT molecular complexity index is 417. The largest absolute Gasteiger partial charge is 0.497 e. The van der Waals surface area contributed by atoms with Gasteiger partial charge in [-0.05, 0) is 31.5 Å². The highest BCUT2D eigenvalue weighted by atomic mass is 32.2. The zero-order chi connectivity index (χ0) is 14.5. The Kier molecular flexibility index (Phi) is 5.69. The van der Waals surface area contributed by atoms with Crippen LogP contribution in [0.15, 0.2) is 24.3 Å². The van der Waals surface area contributed by atoms with Crippen LogP contribution in [0.1, 0.15) is 19.4 Å². The van der Waals surface area contributed by atoms with Gasteiger partial charge in [-0.3, -0.25) is 4.79 Å². The van der Waals surface area contributed by atoms with Gasteiger partial charge in [-0.25, -0.2) is 0 Å². The summed E-state index contributed by atoms with van der Waals surface area (Å²) < 4.78 is 9.42. The number of benzene rings is 1. The van der Waals surface area contributed by atoms with E-state index in [1.807, 2.05) is 38.1 Å². The van der Waals surface area contributed by atoms with Crippen molar-refractivity contribution in [2.45, 2.75) is 30.4 Å². The third kappa shape index (κ3) is 4.44. The van der Waals surface area contributed by atoms with E-state index in [1.165, 1.54) is 7.11 Å². The summed E-state index contributed by atoms with van der Waals surface area (Å²) in [6, 6.07) is 7.21. The fraction of sp³-hybridized carbons (Fsp3) is 0.500. The van der Waals surface area contributed by atoms with Crippen molar-refractivity contribution < 1.29 is 14.3 Å². The monoisotopic (exact) mass is 283 g/mol. The Morgan fingerprint density at radius 3 is 2.37 bits per heavy atom. The lowest BCUT2D eigenvalue weighted by Crippen LogP contribution is -2.47. The lowest BCUT2D eigenvalue weighted by molar-refractivity contribution is -0.142. The first kappa shape index (κ1) is 15.9. The second kappa shape index (κ2) is 6.82. The van der Waals surface area contributed by atoms with Crippen LogP contribution in [-0.4, -0.2) is 31.0 Å². The van der Waals surface area contributed by atoms with Gasteiger partial charge in [0.05, 0.1) is 14.2 Å². The molecular formula is C14H21NO3S. The maximum atomic E-state index is 11.5. The van der Waals surface area contributed by atoms with Crippen LogP contribution >= 0.6 is 11.8 Å². The molecule has 0 heterocycles. The number of carbonyl (C=O) groups is 1. The average Bonchev–Trinajstić information content (AvgIpc) is 2.44. The van der Waals surface area contributed by atoms with Crippen molar-refractivity contribution >= 4 is 17.7 Å². The highest BCUT2D eigenvalue weighted by molar-refractivity contribution is 7.99. The van der Waals surface area contributed by atoms with E-state index in [-0.39, 0.29) is 10.7 Å². The lowest BCUT2D eigenvalue weighted by Gasteiger charge is -2.29. The van der Waals surface area contributed by atoms with Crippen molar-refractivity contribution in [2.75, 3.05) is 14.2 Å². The van der Waals surface area contributed by atoms with Crippen molar-refractivity contribution in [3.63, 3.8) is 0 Å². The second-order valence-electron chi connectivity index (χ2n) is 4.74. The Labute approximate surface area is 118 Å². The van der Waals surface area contributed by atoms with Crippen LogP contribution < -0.4 is 10.5 Å². The molecule has 0 aliphatic carbocycles. The van der Waals surface area contributed by atoms with E-state index in [0.717, 1.165) is 17.1 Å². The molecule has 1 aromatic carbocycles. The molecule has 5 heteroatoms. The fourth-order valence-corrected chi connectivity index (χ4v) is 2.50. The lowest BCUT2D eigenvalue weighted by atomic mass is 10.1.